The number of benzene rings is 1. The minimum Gasteiger partial charge on any atom is -0.480 e. The van der Waals surface area contributed by atoms with Gasteiger partial charge in [0.25, 0.3) is 5.91 Å². The van der Waals surface area contributed by atoms with E-state index in [2.05, 4.69) is 36.8 Å². The topological polar surface area (TPSA) is 42.4 Å². The number of ether oxygens (including phenoxy) is 1. The Morgan fingerprint density at radius 1 is 1.30 bits per heavy atom. The Hall–Kier alpha value is -1.40. The molecule has 1 aromatic heterocycles. The van der Waals surface area contributed by atoms with Crippen molar-refractivity contribution in [3.8, 4) is 5.75 Å². The summed E-state index contributed by atoms with van der Waals surface area (Å²) in [7, 11) is 0. The second-order valence-corrected chi connectivity index (χ2v) is 6.88. The van der Waals surface area contributed by atoms with Crippen LogP contribution in [0, 0.1) is 6.92 Å². The number of amides is 1. The van der Waals surface area contributed by atoms with Gasteiger partial charge in [0, 0.05) is 17.2 Å². The van der Waals surface area contributed by atoms with E-state index in [0.717, 1.165) is 14.5 Å². The lowest BCUT2D eigenvalue weighted by Crippen LogP contribution is -2.41. The minimum absolute atomic E-state index is 0.130. The van der Waals surface area contributed by atoms with Gasteiger partial charge in [-0.1, -0.05) is 6.07 Å². The van der Waals surface area contributed by atoms with E-state index in [-0.39, 0.29) is 5.91 Å². The van der Waals surface area contributed by atoms with Gasteiger partial charge < -0.3 is 4.74 Å². The smallest absolute Gasteiger partial charge is 0.268 e. The summed E-state index contributed by atoms with van der Waals surface area (Å²) in [5, 5.41) is 0. The lowest BCUT2D eigenvalue weighted by molar-refractivity contribution is -0.124. The highest BCUT2D eigenvalue weighted by Gasteiger charge is 2.23. The van der Waals surface area contributed by atoms with Crippen LogP contribution >= 0.6 is 31.9 Å². The Morgan fingerprint density at radius 2 is 2.04 bits per heavy atom. The average molecular weight is 442 g/mol. The van der Waals surface area contributed by atoms with Gasteiger partial charge in [0.05, 0.1) is 4.47 Å². The maximum Gasteiger partial charge on any atom is 0.268 e. The largest absolute Gasteiger partial charge is 0.480 e. The van der Waals surface area contributed by atoms with E-state index >= 15 is 0 Å². The van der Waals surface area contributed by atoms with E-state index in [4.69, 9.17) is 4.74 Å². The zero-order valence-corrected chi connectivity index (χ0v) is 16.4. The van der Waals surface area contributed by atoms with Crippen molar-refractivity contribution in [2.75, 3.05) is 11.4 Å². The number of aromatic nitrogens is 1. The SMILES string of the molecule is CCN(C(=O)C(C)Oc1ccc(C)cc1Br)c1ccc(Br)cn1. The summed E-state index contributed by atoms with van der Waals surface area (Å²) in [6.45, 7) is 6.18. The van der Waals surface area contributed by atoms with E-state index < -0.39 is 6.10 Å². The fraction of sp³-hybridized carbons (Fsp3) is 0.294. The van der Waals surface area contributed by atoms with Crippen LogP contribution < -0.4 is 9.64 Å². The summed E-state index contributed by atoms with van der Waals surface area (Å²) >= 11 is 6.81. The van der Waals surface area contributed by atoms with Crippen molar-refractivity contribution in [1.29, 1.82) is 0 Å². The second kappa shape index (κ2) is 7.93. The minimum atomic E-state index is -0.612. The maximum absolute atomic E-state index is 12.7. The Morgan fingerprint density at radius 3 is 2.61 bits per heavy atom. The summed E-state index contributed by atoms with van der Waals surface area (Å²) in [5.74, 6) is 1.13. The highest BCUT2D eigenvalue weighted by Crippen LogP contribution is 2.27. The molecule has 0 aliphatic rings. The summed E-state index contributed by atoms with van der Waals surface area (Å²) < 4.78 is 7.52. The van der Waals surface area contributed by atoms with Crippen LogP contribution in [0.4, 0.5) is 5.82 Å². The fourth-order valence-electron chi connectivity index (χ4n) is 2.12. The van der Waals surface area contributed by atoms with Crippen LogP contribution in [0.2, 0.25) is 0 Å². The molecule has 1 unspecified atom stereocenters. The first-order valence-corrected chi connectivity index (χ1v) is 8.86. The molecule has 1 heterocycles. The van der Waals surface area contributed by atoms with Crippen molar-refractivity contribution in [1.82, 2.24) is 4.98 Å². The Labute approximate surface area is 153 Å². The molecule has 0 saturated carbocycles. The lowest BCUT2D eigenvalue weighted by Gasteiger charge is -2.24. The highest BCUT2D eigenvalue weighted by atomic mass is 79.9. The third-order valence-electron chi connectivity index (χ3n) is 3.31. The van der Waals surface area contributed by atoms with Gasteiger partial charge in [0.2, 0.25) is 0 Å². The molecule has 0 radical (unpaired) electrons. The summed E-state index contributed by atoms with van der Waals surface area (Å²) in [6.07, 6.45) is 1.06. The number of hydrogen-bond donors (Lipinski definition) is 0. The van der Waals surface area contributed by atoms with Crippen molar-refractivity contribution in [2.24, 2.45) is 0 Å². The summed E-state index contributed by atoms with van der Waals surface area (Å²) in [5.41, 5.74) is 1.12. The number of rotatable bonds is 5. The number of aryl methyl sites for hydroxylation is 1. The van der Waals surface area contributed by atoms with Gasteiger partial charge in [-0.3, -0.25) is 9.69 Å². The van der Waals surface area contributed by atoms with Gasteiger partial charge in [-0.05, 0) is 82.5 Å². The maximum atomic E-state index is 12.7. The molecule has 4 nitrogen and oxygen atoms in total. The standard InChI is InChI=1S/C17H18Br2N2O2/c1-4-21(16-8-6-13(18)10-20-16)17(22)12(3)23-15-7-5-11(2)9-14(15)19/h5-10,12H,4H2,1-3H3. The monoisotopic (exact) mass is 440 g/mol. The predicted molar refractivity (Wildman–Crippen MR) is 98.9 cm³/mol. The molecule has 0 aliphatic carbocycles. The Kier molecular flexibility index (Phi) is 6.18. The van der Waals surface area contributed by atoms with Crippen LogP contribution in [-0.2, 0) is 4.79 Å². The fourth-order valence-corrected chi connectivity index (χ4v) is 2.94. The van der Waals surface area contributed by atoms with Crippen molar-refractivity contribution in [3.63, 3.8) is 0 Å². The lowest BCUT2D eigenvalue weighted by atomic mass is 10.2. The van der Waals surface area contributed by atoms with Gasteiger partial charge >= 0.3 is 0 Å². The van der Waals surface area contributed by atoms with Crippen LogP contribution in [0.3, 0.4) is 0 Å². The Balaban J connectivity index is 2.15. The van der Waals surface area contributed by atoms with Crippen LogP contribution in [0.25, 0.3) is 0 Å². The third-order valence-corrected chi connectivity index (χ3v) is 4.40. The third kappa shape index (κ3) is 4.54. The first kappa shape index (κ1) is 17.9. The van der Waals surface area contributed by atoms with E-state index in [1.54, 1.807) is 24.1 Å². The Bertz CT molecular complexity index is 689. The van der Waals surface area contributed by atoms with E-state index in [9.17, 15) is 4.79 Å². The van der Waals surface area contributed by atoms with Gasteiger partial charge in [-0.25, -0.2) is 4.98 Å². The predicted octanol–water partition coefficient (Wildman–Crippen LogP) is 4.74. The van der Waals surface area contributed by atoms with Crippen molar-refractivity contribution in [3.05, 3.63) is 51.0 Å². The number of pyridine rings is 1. The second-order valence-electron chi connectivity index (χ2n) is 5.11. The normalized spacial score (nSPS) is 11.9. The van der Waals surface area contributed by atoms with Crippen molar-refractivity contribution in [2.45, 2.75) is 26.9 Å². The van der Waals surface area contributed by atoms with Crippen LogP contribution in [0.5, 0.6) is 5.75 Å². The number of anilines is 1. The molecule has 0 bridgehead atoms. The van der Waals surface area contributed by atoms with Gasteiger partial charge in [-0.2, -0.15) is 0 Å². The first-order valence-electron chi connectivity index (χ1n) is 7.28. The van der Waals surface area contributed by atoms with Gasteiger partial charge in [-0.15, -0.1) is 0 Å². The molecule has 0 spiro atoms. The number of carbonyl (C=O) groups is 1. The number of nitrogens with zero attached hydrogens (tertiary/aromatic N) is 2. The quantitative estimate of drug-likeness (QED) is 0.673. The van der Waals surface area contributed by atoms with Gasteiger partial charge in [0.15, 0.2) is 6.10 Å². The molecule has 0 saturated heterocycles. The molecule has 1 aromatic carbocycles. The number of hydrogen-bond acceptors (Lipinski definition) is 3. The molecule has 1 atom stereocenters. The van der Waals surface area contributed by atoms with E-state index in [0.29, 0.717) is 18.1 Å². The zero-order chi connectivity index (χ0) is 17.0. The molecular formula is C17H18Br2N2O2. The number of halogens is 2. The highest BCUT2D eigenvalue weighted by molar-refractivity contribution is 9.10. The molecule has 0 fully saturated rings. The van der Waals surface area contributed by atoms with E-state index in [1.807, 2.05) is 38.1 Å². The molecule has 6 heteroatoms. The molecule has 1 amide bonds. The molecule has 122 valence electrons. The van der Waals surface area contributed by atoms with Gasteiger partial charge in [0.1, 0.15) is 11.6 Å². The van der Waals surface area contributed by atoms with Crippen LogP contribution in [-0.4, -0.2) is 23.5 Å². The first-order chi connectivity index (χ1) is 10.9. The zero-order valence-electron chi connectivity index (χ0n) is 13.2. The summed E-state index contributed by atoms with van der Waals surface area (Å²) in [6, 6.07) is 9.43. The molecule has 0 N–H and O–H groups in total. The molecule has 2 rings (SSSR count). The average Bonchev–Trinajstić information content (AvgIpc) is 2.52. The molecular weight excluding hydrogens is 424 g/mol. The molecule has 23 heavy (non-hydrogen) atoms. The van der Waals surface area contributed by atoms with Crippen molar-refractivity contribution >= 4 is 43.6 Å². The molecule has 2 aromatic rings. The van der Waals surface area contributed by atoms with Crippen LogP contribution in [0.15, 0.2) is 45.5 Å². The van der Waals surface area contributed by atoms with Crippen LogP contribution in [0.1, 0.15) is 19.4 Å². The van der Waals surface area contributed by atoms with E-state index in [1.165, 1.54) is 0 Å². The van der Waals surface area contributed by atoms with Crippen molar-refractivity contribution < 1.29 is 9.53 Å². The number of likely N-dealkylation sites (N-methyl/N-ethyl adjacent to an activating group) is 1. The molecule has 0 aliphatic heterocycles. The summed E-state index contributed by atoms with van der Waals surface area (Å²) in [4.78, 5) is 18.6. The number of carbonyl (C=O) groups excluding carboxylic acids is 1.